The van der Waals surface area contributed by atoms with Crippen LogP contribution >= 0.6 is 27.5 Å². The molecule has 16 heavy (non-hydrogen) atoms. The zero-order valence-electron chi connectivity index (χ0n) is 8.14. The van der Waals surface area contributed by atoms with E-state index in [-0.39, 0.29) is 16.0 Å². The van der Waals surface area contributed by atoms with Crippen LogP contribution in [0.5, 0.6) is 0 Å². The van der Waals surface area contributed by atoms with Gasteiger partial charge in [-0.15, -0.1) is 0 Å². The van der Waals surface area contributed by atoms with Gasteiger partial charge in [-0.25, -0.2) is 13.8 Å². The Balaban J connectivity index is 3.13. The maximum Gasteiger partial charge on any atom is 0.310 e. The Bertz CT molecular complexity index is 415. The smallest absolute Gasteiger partial charge is 0.310 e. The van der Waals surface area contributed by atoms with Crippen LogP contribution in [-0.2, 0) is 16.0 Å². The molecule has 0 saturated carbocycles. The number of methoxy groups -OCH3 is 1. The van der Waals surface area contributed by atoms with E-state index in [9.17, 15) is 13.6 Å². The third kappa shape index (κ3) is 2.89. The lowest BCUT2D eigenvalue weighted by Crippen LogP contribution is -2.07. The van der Waals surface area contributed by atoms with E-state index in [1.807, 2.05) is 0 Å². The quantitative estimate of drug-likeness (QED) is 0.635. The number of hydrogen-bond donors (Lipinski definition) is 0. The molecule has 0 amide bonds. The van der Waals surface area contributed by atoms with Crippen molar-refractivity contribution in [3.8, 4) is 0 Å². The van der Waals surface area contributed by atoms with Gasteiger partial charge in [0.2, 0.25) is 0 Å². The molecule has 0 aromatic carbocycles. The lowest BCUT2D eigenvalue weighted by Gasteiger charge is -2.09. The van der Waals surface area contributed by atoms with Crippen molar-refractivity contribution in [2.45, 2.75) is 12.8 Å². The highest BCUT2D eigenvalue weighted by Gasteiger charge is 2.21. The highest BCUT2D eigenvalue weighted by molar-refractivity contribution is 9.10. The first-order chi connectivity index (χ1) is 7.47. The molecule has 0 radical (unpaired) electrons. The first-order valence-corrected chi connectivity index (χ1v) is 5.32. The van der Waals surface area contributed by atoms with Gasteiger partial charge in [0.1, 0.15) is 5.15 Å². The first kappa shape index (κ1) is 13.3. The molecule has 1 heterocycles. The minimum Gasteiger partial charge on any atom is -0.469 e. The zero-order valence-corrected chi connectivity index (χ0v) is 10.5. The van der Waals surface area contributed by atoms with Crippen LogP contribution in [0.4, 0.5) is 8.78 Å². The van der Waals surface area contributed by atoms with Gasteiger partial charge in [-0.2, -0.15) is 0 Å². The Morgan fingerprint density at radius 1 is 1.69 bits per heavy atom. The van der Waals surface area contributed by atoms with Crippen molar-refractivity contribution in [2.24, 2.45) is 0 Å². The summed E-state index contributed by atoms with van der Waals surface area (Å²) in [6.45, 7) is 0. The summed E-state index contributed by atoms with van der Waals surface area (Å²) >= 11 is 8.51. The van der Waals surface area contributed by atoms with Crippen LogP contribution in [0, 0.1) is 0 Å². The zero-order chi connectivity index (χ0) is 12.3. The van der Waals surface area contributed by atoms with Gasteiger partial charge in [0, 0.05) is 10.7 Å². The number of aromatic nitrogens is 1. The lowest BCUT2D eigenvalue weighted by atomic mass is 10.1. The maximum atomic E-state index is 12.6. The van der Waals surface area contributed by atoms with E-state index < -0.39 is 18.0 Å². The summed E-state index contributed by atoms with van der Waals surface area (Å²) in [5.41, 5.74) is -0.102. The van der Waals surface area contributed by atoms with E-state index in [4.69, 9.17) is 11.6 Å². The summed E-state index contributed by atoms with van der Waals surface area (Å²) in [5, 5.41) is -0.282. The van der Waals surface area contributed by atoms with Crippen molar-refractivity contribution in [3.05, 3.63) is 26.9 Å². The second-order valence-corrected chi connectivity index (χ2v) is 4.01. The monoisotopic (exact) mass is 313 g/mol. The molecule has 0 aliphatic carbocycles. The van der Waals surface area contributed by atoms with Gasteiger partial charge in [-0.3, -0.25) is 4.79 Å². The molecule has 88 valence electrons. The lowest BCUT2D eigenvalue weighted by molar-refractivity contribution is -0.139. The van der Waals surface area contributed by atoms with Crippen molar-refractivity contribution in [1.82, 2.24) is 4.98 Å². The Morgan fingerprint density at radius 2 is 2.31 bits per heavy atom. The Morgan fingerprint density at radius 3 is 2.81 bits per heavy atom. The highest BCUT2D eigenvalue weighted by atomic mass is 79.9. The van der Waals surface area contributed by atoms with E-state index in [0.717, 1.165) is 0 Å². The standard InChI is InChI=1S/C9H7BrClF2NO2/c1-16-5(15)2-4-3-14-8(11)6(7(4)10)9(12)13/h3,9H,2H2,1H3. The fourth-order valence-corrected chi connectivity index (χ4v) is 2.00. The maximum absolute atomic E-state index is 12.6. The molecule has 0 aliphatic rings. The predicted molar refractivity (Wildman–Crippen MR) is 57.6 cm³/mol. The van der Waals surface area contributed by atoms with Crippen molar-refractivity contribution in [1.29, 1.82) is 0 Å². The number of hydrogen-bond acceptors (Lipinski definition) is 3. The summed E-state index contributed by atoms with van der Waals surface area (Å²) in [4.78, 5) is 14.6. The molecule has 1 aromatic rings. The Labute approximate surface area is 104 Å². The van der Waals surface area contributed by atoms with Crippen LogP contribution in [0.15, 0.2) is 10.7 Å². The molecule has 0 spiro atoms. The number of carbonyl (C=O) groups is 1. The topological polar surface area (TPSA) is 39.2 Å². The number of rotatable bonds is 3. The minimum atomic E-state index is -2.76. The summed E-state index contributed by atoms with van der Waals surface area (Å²) in [5.74, 6) is -0.537. The number of halogens is 4. The molecule has 0 aliphatic heterocycles. The van der Waals surface area contributed by atoms with Gasteiger partial charge in [0.15, 0.2) is 0 Å². The number of carbonyl (C=O) groups excluding carboxylic acids is 1. The average molecular weight is 315 g/mol. The molecule has 1 rings (SSSR count). The van der Waals surface area contributed by atoms with E-state index in [0.29, 0.717) is 5.56 Å². The average Bonchev–Trinajstić information content (AvgIpc) is 2.21. The molecule has 0 saturated heterocycles. The number of pyridine rings is 1. The van der Waals surface area contributed by atoms with Gasteiger partial charge in [0.05, 0.1) is 19.1 Å². The fourth-order valence-electron chi connectivity index (χ4n) is 1.06. The van der Waals surface area contributed by atoms with Crippen molar-refractivity contribution < 1.29 is 18.3 Å². The second-order valence-electron chi connectivity index (χ2n) is 2.86. The van der Waals surface area contributed by atoms with E-state index >= 15 is 0 Å². The van der Waals surface area contributed by atoms with E-state index in [2.05, 4.69) is 25.7 Å². The fraction of sp³-hybridized carbons (Fsp3) is 0.333. The number of alkyl halides is 2. The van der Waals surface area contributed by atoms with Crippen LogP contribution < -0.4 is 0 Å². The third-order valence-electron chi connectivity index (χ3n) is 1.86. The predicted octanol–water partition coefficient (Wildman–Crippen LogP) is 3.15. The molecule has 0 atom stereocenters. The van der Waals surface area contributed by atoms with Gasteiger partial charge < -0.3 is 4.74 Å². The molecule has 0 N–H and O–H groups in total. The molecular weight excluding hydrogens is 307 g/mol. The molecular formula is C9H7BrClF2NO2. The number of esters is 1. The van der Waals surface area contributed by atoms with Gasteiger partial charge in [-0.1, -0.05) is 11.6 Å². The molecule has 0 fully saturated rings. The van der Waals surface area contributed by atoms with Crippen molar-refractivity contribution in [2.75, 3.05) is 7.11 Å². The first-order valence-electron chi connectivity index (χ1n) is 4.15. The van der Waals surface area contributed by atoms with Crippen LogP contribution in [0.1, 0.15) is 17.6 Å². The third-order valence-corrected chi connectivity index (χ3v) is 3.09. The highest BCUT2D eigenvalue weighted by Crippen LogP contribution is 2.34. The SMILES string of the molecule is COC(=O)Cc1cnc(Cl)c(C(F)F)c1Br. The van der Waals surface area contributed by atoms with Gasteiger partial charge >= 0.3 is 5.97 Å². The summed E-state index contributed by atoms with van der Waals surface area (Å²) < 4.78 is 29.8. The van der Waals surface area contributed by atoms with Crippen LogP contribution in [-0.4, -0.2) is 18.1 Å². The molecule has 1 aromatic heterocycles. The van der Waals surface area contributed by atoms with Gasteiger partial charge in [0.25, 0.3) is 6.43 Å². The normalized spacial score (nSPS) is 10.6. The van der Waals surface area contributed by atoms with Gasteiger partial charge in [-0.05, 0) is 21.5 Å². The molecule has 3 nitrogen and oxygen atoms in total. The second kappa shape index (κ2) is 5.54. The summed E-state index contributed by atoms with van der Waals surface area (Å²) in [6.07, 6.45) is -1.64. The molecule has 7 heteroatoms. The minimum absolute atomic E-state index is 0.0906. The van der Waals surface area contributed by atoms with Crippen molar-refractivity contribution in [3.63, 3.8) is 0 Å². The molecule has 0 bridgehead atoms. The largest absolute Gasteiger partial charge is 0.469 e. The van der Waals surface area contributed by atoms with E-state index in [1.165, 1.54) is 13.3 Å². The molecule has 0 unspecified atom stereocenters. The Hall–Kier alpha value is -0.750. The van der Waals surface area contributed by atoms with Crippen LogP contribution in [0.25, 0.3) is 0 Å². The summed E-state index contributed by atoms with van der Waals surface area (Å²) in [6, 6.07) is 0. The Kier molecular flexibility index (Phi) is 4.61. The summed E-state index contributed by atoms with van der Waals surface area (Å²) in [7, 11) is 1.22. The van der Waals surface area contributed by atoms with E-state index in [1.54, 1.807) is 0 Å². The number of ether oxygens (including phenoxy) is 1. The van der Waals surface area contributed by atoms with Crippen molar-refractivity contribution >= 4 is 33.5 Å². The number of nitrogens with zero attached hydrogens (tertiary/aromatic N) is 1. The van der Waals surface area contributed by atoms with Crippen LogP contribution in [0.3, 0.4) is 0 Å². The van der Waals surface area contributed by atoms with Crippen LogP contribution in [0.2, 0.25) is 5.15 Å².